The fourth-order valence-corrected chi connectivity index (χ4v) is 3.95. The molecule has 0 unspecified atom stereocenters. The molecule has 0 bridgehead atoms. The quantitative estimate of drug-likeness (QED) is 0.657. The number of amides is 1. The lowest BCUT2D eigenvalue weighted by Gasteiger charge is -2.22. The summed E-state index contributed by atoms with van der Waals surface area (Å²) in [7, 11) is 0. The van der Waals surface area contributed by atoms with Gasteiger partial charge in [-0.25, -0.2) is 0 Å². The highest BCUT2D eigenvalue weighted by atomic mass is 32.1. The largest absolute Gasteiger partial charge is 0.484 e. The molecule has 4 nitrogen and oxygen atoms in total. The Morgan fingerprint density at radius 3 is 2.88 bits per heavy atom. The SMILES string of the molecule is O=C(COc1ccc2c(c1)CCC2)N(Cc1cccs1)c1cccnc1. The minimum atomic E-state index is -0.0769. The first kappa shape index (κ1) is 16.8. The molecule has 0 N–H and O–H groups in total. The lowest BCUT2D eigenvalue weighted by atomic mass is 10.1. The second-order valence-corrected chi connectivity index (χ2v) is 7.38. The summed E-state index contributed by atoms with van der Waals surface area (Å²) in [5, 5.41) is 2.02. The highest BCUT2D eigenvalue weighted by Crippen LogP contribution is 2.26. The Balaban J connectivity index is 1.47. The van der Waals surface area contributed by atoms with E-state index >= 15 is 0 Å². The summed E-state index contributed by atoms with van der Waals surface area (Å²) in [6, 6.07) is 13.9. The molecule has 1 amide bonds. The number of carbonyl (C=O) groups excluding carboxylic acids is 1. The number of hydrogen-bond donors (Lipinski definition) is 0. The molecule has 0 aliphatic heterocycles. The molecule has 0 fully saturated rings. The zero-order valence-electron chi connectivity index (χ0n) is 14.4. The number of aryl methyl sites for hydroxylation is 2. The van der Waals surface area contributed by atoms with E-state index in [1.807, 2.05) is 35.7 Å². The summed E-state index contributed by atoms with van der Waals surface area (Å²) < 4.78 is 5.81. The van der Waals surface area contributed by atoms with Crippen molar-refractivity contribution in [1.29, 1.82) is 0 Å². The highest BCUT2D eigenvalue weighted by Gasteiger charge is 2.18. The molecular formula is C21H20N2O2S. The van der Waals surface area contributed by atoms with Crippen LogP contribution in [-0.2, 0) is 24.2 Å². The molecule has 1 aliphatic carbocycles. The number of benzene rings is 1. The summed E-state index contributed by atoms with van der Waals surface area (Å²) in [6.45, 7) is 0.537. The standard InChI is InChI=1S/C21H20N2O2S/c24-21(15-25-19-9-8-16-4-1-5-17(16)12-19)23(14-20-7-3-11-26-20)18-6-2-10-22-13-18/h2-3,6-13H,1,4-5,14-15H2. The Hall–Kier alpha value is -2.66. The lowest BCUT2D eigenvalue weighted by molar-refractivity contribution is -0.120. The van der Waals surface area contributed by atoms with Gasteiger partial charge < -0.3 is 9.64 Å². The van der Waals surface area contributed by atoms with Crippen molar-refractivity contribution in [2.45, 2.75) is 25.8 Å². The molecular weight excluding hydrogens is 344 g/mol. The highest BCUT2D eigenvalue weighted by molar-refractivity contribution is 7.09. The number of fused-ring (bicyclic) bond motifs is 1. The lowest BCUT2D eigenvalue weighted by Crippen LogP contribution is -2.34. The van der Waals surface area contributed by atoms with Crippen molar-refractivity contribution in [3.05, 3.63) is 76.2 Å². The molecule has 1 aliphatic rings. The summed E-state index contributed by atoms with van der Waals surface area (Å²) in [5.74, 6) is 0.688. The molecule has 4 rings (SSSR count). The number of aromatic nitrogens is 1. The number of hydrogen-bond acceptors (Lipinski definition) is 4. The van der Waals surface area contributed by atoms with Crippen molar-refractivity contribution in [3.63, 3.8) is 0 Å². The number of anilines is 1. The van der Waals surface area contributed by atoms with Crippen LogP contribution in [0.4, 0.5) is 5.69 Å². The summed E-state index contributed by atoms with van der Waals surface area (Å²) in [5.41, 5.74) is 3.53. The normalized spacial score (nSPS) is 12.6. The third-order valence-corrected chi connectivity index (χ3v) is 5.45. The number of pyridine rings is 1. The maximum atomic E-state index is 12.9. The summed E-state index contributed by atoms with van der Waals surface area (Å²) in [4.78, 5) is 19.9. The molecule has 0 saturated heterocycles. The Kier molecular flexibility index (Phi) is 4.97. The van der Waals surface area contributed by atoms with Gasteiger partial charge in [0.25, 0.3) is 5.91 Å². The van der Waals surface area contributed by atoms with E-state index < -0.39 is 0 Å². The minimum absolute atomic E-state index is 0.0130. The molecule has 3 aromatic rings. The Bertz CT molecular complexity index is 878. The van der Waals surface area contributed by atoms with Crippen LogP contribution in [0.3, 0.4) is 0 Å². The van der Waals surface area contributed by atoms with Crippen molar-refractivity contribution in [3.8, 4) is 5.75 Å². The molecule has 2 heterocycles. The predicted octanol–water partition coefficient (Wildman–Crippen LogP) is 4.24. The van der Waals surface area contributed by atoms with E-state index in [1.165, 1.54) is 17.5 Å². The van der Waals surface area contributed by atoms with Gasteiger partial charge in [0.2, 0.25) is 0 Å². The van der Waals surface area contributed by atoms with Gasteiger partial charge in [-0.1, -0.05) is 12.1 Å². The fraction of sp³-hybridized carbons (Fsp3) is 0.238. The van der Waals surface area contributed by atoms with E-state index in [1.54, 1.807) is 28.6 Å². The van der Waals surface area contributed by atoms with Crippen LogP contribution in [-0.4, -0.2) is 17.5 Å². The van der Waals surface area contributed by atoms with E-state index in [2.05, 4.69) is 17.1 Å². The van der Waals surface area contributed by atoms with Crippen LogP contribution >= 0.6 is 11.3 Å². The van der Waals surface area contributed by atoms with Crippen molar-refractivity contribution >= 4 is 22.9 Å². The molecule has 0 spiro atoms. The van der Waals surface area contributed by atoms with Gasteiger partial charge in [-0.2, -0.15) is 0 Å². The molecule has 5 heteroatoms. The van der Waals surface area contributed by atoms with Crippen LogP contribution in [0.2, 0.25) is 0 Å². The molecule has 0 radical (unpaired) electrons. The van der Waals surface area contributed by atoms with Gasteiger partial charge in [0.1, 0.15) is 5.75 Å². The number of carbonyl (C=O) groups is 1. The van der Waals surface area contributed by atoms with E-state index in [9.17, 15) is 4.79 Å². The molecule has 26 heavy (non-hydrogen) atoms. The van der Waals surface area contributed by atoms with Crippen LogP contribution < -0.4 is 9.64 Å². The predicted molar refractivity (Wildman–Crippen MR) is 104 cm³/mol. The fourth-order valence-electron chi connectivity index (χ4n) is 3.26. The number of ether oxygens (including phenoxy) is 1. The molecule has 2 aromatic heterocycles. The zero-order chi connectivity index (χ0) is 17.8. The van der Waals surface area contributed by atoms with E-state index in [0.717, 1.165) is 29.2 Å². The van der Waals surface area contributed by atoms with Crippen LogP contribution in [0.15, 0.2) is 60.2 Å². The first-order chi connectivity index (χ1) is 12.8. The van der Waals surface area contributed by atoms with E-state index in [-0.39, 0.29) is 12.5 Å². The van der Waals surface area contributed by atoms with Gasteiger partial charge >= 0.3 is 0 Å². The maximum Gasteiger partial charge on any atom is 0.265 e. The van der Waals surface area contributed by atoms with Crippen LogP contribution in [0.25, 0.3) is 0 Å². The van der Waals surface area contributed by atoms with Gasteiger partial charge in [0.15, 0.2) is 6.61 Å². The summed E-state index contributed by atoms with van der Waals surface area (Å²) in [6.07, 6.45) is 6.86. The van der Waals surface area contributed by atoms with Crippen molar-refractivity contribution in [1.82, 2.24) is 4.98 Å². The van der Waals surface area contributed by atoms with Crippen molar-refractivity contribution < 1.29 is 9.53 Å². The molecule has 0 atom stereocenters. The molecule has 132 valence electrons. The first-order valence-corrected chi connectivity index (χ1v) is 9.65. The molecule has 0 saturated carbocycles. The van der Waals surface area contributed by atoms with Crippen LogP contribution in [0.5, 0.6) is 5.75 Å². The third kappa shape index (κ3) is 3.78. The Morgan fingerprint density at radius 2 is 2.08 bits per heavy atom. The monoisotopic (exact) mass is 364 g/mol. The summed E-state index contributed by atoms with van der Waals surface area (Å²) >= 11 is 1.64. The first-order valence-electron chi connectivity index (χ1n) is 8.77. The average Bonchev–Trinajstić information content (AvgIpc) is 3.36. The maximum absolute atomic E-state index is 12.9. The number of rotatable bonds is 6. The second kappa shape index (κ2) is 7.70. The van der Waals surface area contributed by atoms with Gasteiger partial charge in [-0.3, -0.25) is 9.78 Å². The minimum Gasteiger partial charge on any atom is -0.484 e. The smallest absolute Gasteiger partial charge is 0.265 e. The van der Waals surface area contributed by atoms with Gasteiger partial charge in [0.05, 0.1) is 18.4 Å². The number of nitrogens with zero attached hydrogens (tertiary/aromatic N) is 2. The van der Waals surface area contributed by atoms with Crippen molar-refractivity contribution in [2.24, 2.45) is 0 Å². The Morgan fingerprint density at radius 1 is 1.15 bits per heavy atom. The van der Waals surface area contributed by atoms with E-state index in [0.29, 0.717) is 6.54 Å². The van der Waals surface area contributed by atoms with E-state index in [4.69, 9.17) is 4.74 Å². The topological polar surface area (TPSA) is 42.4 Å². The zero-order valence-corrected chi connectivity index (χ0v) is 15.2. The Labute approximate surface area is 157 Å². The van der Waals surface area contributed by atoms with Crippen molar-refractivity contribution in [2.75, 3.05) is 11.5 Å². The molecule has 1 aromatic carbocycles. The van der Waals surface area contributed by atoms with Gasteiger partial charge in [-0.05, 0) is 66.1 Å². The van der Waals surface area contributed by atoms with Crippen LogP contribution in [0.1, 0.15) is 22.4 Å². The number of thiophene rings is 1. The van der Waals surface area contributed by atoms with Gasteiger partial charge in [0, 0.05) is 11.1 Å². The van der Waals surface area contributed by atoms with Crippen LogP contribution in [0, 0.1) is 0 Å². The van der Waals surface area contributed by atoms with Gasteiger partial charge in [-0.15, -0.1) is 11.3 Å². The average molecular weight is 364 g/mol. The third-order valence-electron chi connectivity index (χ3n) is 4.58. The second-order valence-electron chi connectivity index (χ2n) is 6.34.